The smallest absolute Gasteiger partial charge is 0.242 e. The minimum Gasteiger partial charge on any atom is -0.497 e. The molecule has 144 valence electrons. The summed E-state index contributed by atoms with van der Waals surface area (Å²) in [5.41, 5.74) is 1.17. The number of nitrogens with one attached hydrogen (secondary N) is 1. The fourth-order valence-electron chi connectivity index (χ4n) is 2.74. The van der Waals surface area contributed by atoms with Gasteiger partial charge in [0.2, 0.25) is 11.8 Å². The van der Waals surface area contributed by atoms with Crippen LogP contribution in [0.5, 0.6) is 5.75 Å². The average molecular weight is 372 g/mol. The summed E-state index contributed by atoms with van der Waals surface area (Å²) in [6.45, 7) is 4.21. The second kappa shape index (κ2) is 9.71. The Balaban J connectivity index is 2.23. The van der Waals surface area contributed by atoms with E-state index in [0.29, 0.717) is 17.9 Å². The third kappa shape index (κ3) is 5.54. The van der Waals surface area contributed by atoms with Gasteiger partial charge in [-0.2, -0.15) is 0 Å². The van der Waals surface area contributed by atoms with Gasteiger partial charge in [0.25, 0.3) is 0 Å². The van der Waals surface area contributed by atoms with Gasteiger partial charge < -0.3 is 15.0 Å². The van der Waals surface area contributed by atoms with Gasteiger partial charge in [0.1, 0.15) is 17.6 Å². The fraction of sp³-hybridized carbons (Fsp3) is 0.333. The quantitative estimate of drug-likeness (QED) is 0.775. The van der Waals surface area contributed by atoms with E-state index in [1.54, 1.807) is 44.4 Å². The minimum absolute atomic E-state index is 0.105. The second-order valence-corrected chi connectivity index (χ2v) is 6.21. The van der Waals surface area contributed by atoms with Gasteiger partial charge in [0, 0.05) is 13.1 Å². The lowest BCUT2D eigenvalue weighted by atomic mass is 10.1. The topological polar surface area (TPSA) is 58.6 Å². The van der Waals surface area contributed by atoms with Crippen molar-refractivity contribution in [3.05, 3.63) is 65.5 Å². The van der Waals surface area contributed by atoms with Crippen LogP contribution in [0.2, 0.25) is 0 Å². The van der Waals surface area contributed by atoms with Gasteiger partial charge in [0.15, 0.2) is 0 Å². The molecule has 0 unspecified atom stereocenters. The third-order valence-electron chi connectivity index (χ3n) is 4.33. The SMILES string of the molecule is CCNC(=O)[C@H](C)N(Cc1ccc(OC)cc1)C(=O)Cc1ccccc1F. The van der Waals surface area contributed by atoms with Crippen LogP contribution in [0.25, 0.3) is 0 Å². The molecule has 2 aromatic carbocycles. The maximum absolute atomic E-state index is 13.9. The number of amides is 2. The molecule has 1 atom stereocenters. The van der Waals surface area contributed by atoms with E-state index in [-0.39, 0.29) is 24.8 Å². The Labute approximate surface area is 159 Å². The molecule has 0 aliphatic carbocycles. The Morgan fingerprint density at radius 3 is 2.41 bits per heavy atom. The fourth-order valence-corrected chi connectivity index (χ4v) is 2.74. The van der Waals surface area contributed by atoms with Crippen LogP contribution >= 0.6 is 0 Å². The summed E-state index contributed by atoms with van der Waals surface area (Å²) >= 11 is 0. The van der Waals surface area contributed by atoms with Crippen molar-refractivity contribution in [3.63, 3.8) is 0 Å². The number of benzene rings is 2. The lowest BCUT2D eigenvalue weighted by Crippen LogP contribution is -2.48. The summed E-state index contributed by atoms with van der Waals surface area (Å²) in [7, 11) is 1.58. The number of ether oxygens (including phenoxy) is 1. The van der Waals surface area contributed by atoms with Crippen molar-refractivity contribution in [1.29, 1.82) is 0 Å². The summed E-state index contributed by atoms with van der Waals surface area (Å²) in [5.74, 6) is -0.275. The highest BCUT2D eigenvalue weighted by atomic mass is 19.1. The zero-order valence-electron chi connectivity index (χ0n) is 15.9. The van der Waals surface area contributed by atoms with Crippen LogP contribution in [0, 0.1) is 5.82 Å². The third-order valence-corrected chi connectivity index (χ3v) is 4.33. The molecule has 0 saturated carbocycles. The molecule has 0 radical (unpaired) electrons. The first kappa shape index (κ1) is 20.4. The van der Waals surface area contributed by atoms with Crippen LogP contribution in [0.1, 0.15) is 25.0 Å². The maximum atomic E-state index is 13.9. The van der Waals surface area contributed by atoms with Crippen molar-refractivity contribution in [2.75, 3.05) is 13.7 Å². The van der Waals surface area contributed by atoms with Gasteiger partial charge in [-0.05, 0) is 43.2 Å². The predicted molar refractivity (Wildman–Crippen MR) is 102 cm³/mol. The Morgan fingerprint density at radius 2 is 1.81 bits per heavy atom. The summed E-state index contributed by atoms with van der Waals surface area (Å²) in [4.78, 5) is 26.7. The molecule has 0 heterocycles. The van der Waals surface area contributed by atoms with Crippen molar-refractivity contribution in [2.24, 2.45) is 0 Å². The van der Waals surface area contributed by atoms with Gasteiger partial charge in [-0.15, -0.1) is 0 Å². The first-order valence-corrected chi connectivity index (χ1v) is 8.89. The number of hydrogen-bond acceptors (Lipinski definition) is 3. The molecule has 27 heavy (non-hydrogen) atoms. The number of halogens is 1. The second-order valence-electron chi connectivity index (χ2n) is 6.21. The van der Waals surface area contributed by atoms with Crippen LogP contribution in [0.3, 0.4) is 0 Å². The number of nitrogens with zero attached hydrogens (tertiary/aromatic N) is 1. The summed E-state index contributed by atoms with van der Waals surface area (Å²) in [5, 5.41) is 2.73. The molecule has 0 aromatic heterocycles. The first-order valence-electron chi connectivity index (χ1n) is 8.89. The Kier molecular flexibility index (Phi) is 7.34. The monoisotopic (exact) mass is 372 g/mol. The molecule has 0 aliphatic heterocycles. The van der Waals surface area contributed by atoms with Gasteiger partial charge in [-0.3, -0.25) is 9.59 Å². The van der Waals surface area contributed by atoms with Gasteiger partial charge in [0.05, 0.1) is 13.5 Å². The largest absolute Gasteiger partial charge is 0.497 e. The summed E-state index contributed by atoms with van der Waals surface area (Å²) in [6, 6.07) is 12.8. The molecular weight excluding hydrogens is 347 g/mol. The lowest BCUT2D eigenvalue weighted by Gasteiger charge is -2.29. The summed E-state index contributed by atoms with van der Waals surface area (Å²) in [6.07, 6.45) is -0.105. The van der Waals surface area contributed by atoms with Crippen LogP contribution in [0.4, 0.5) is 4.39 Å². The number of carbonyl (C=O) groups is 2. The van der Waals surface area contributed by atoms with Crippen molar-refractivity contribution in [1.82, 2.24) is 10.2 Å². The van der Waals surface area contributed by atoms with Crippen molar-refractivity contribution < 1.29 is 18.7 Å². The number of carbonyl (C=O) groups excluding carboxylic acids is 2. The first-order chi connectivity index (χ1) is 13.0. The van der Waals surface area contributed by atoms with Crippen LogP contribution in [-0.4, -0.2) is 36.4 Å². The highest BCUT2D eigenvalue weighted by Gasteiger charge is 2.26. The molecule has 0 fully saturated rings. The molecule has 2 amide bonds. The average Bonchev–Trinajstić information content (AvgIpc) is 2.68. The number of likely N-dealkylation sites (N-methyl/N-ethyl adjacent to an activating group) is 1. The van der Waals surface area contributed by atoms with Crippen molar-refractivity contribution in [2.45, 2.75) is 32.9 Å². The number of methoxy groups -OCH3 is 1. The number of hydrogen-bond donors (Lipinski definition) is 1. The van der Waals surface area contributed by atoms with Gasteiger partial charge in [-0.1, -0.05) is 30.3 Å². The van der Waals surface area contributed by atoms with Crippen LogP contribution in [-0.2, 0) is 22.6 Å². The normalized spacial score (nSPS) is 11.6. The minimum atomic E-state index is -0.675. The molecule has 2 rings (SSSR count). The standard InChI is InChI=1S/C21H25FN2O3/c1-4-23-21(26)15(2)24(14-16-9-11-18(27-3)12-10-16)20(25)13-17-7-5-6-8-19(17)22/h5-12,15H,4,13-14H2,1-3H3,(H,23,26)/t15-/m0/s1. The molecule has 6 heteroatoms. The molecule has 0 aliphatic rings. The van der Waals surface area contributed by atoms with E-state index in [0.717, 1.165) is 5.56 Å². The van der Waals surface area contributed by atoms with Crippen LogP contribution < -0.4 is 10.1 Å². The molecule has 0 spiro atoms. The number of rotatable bonds is 8. The molecule has 1 N–H and O–H groups in total. The zero-order chi connectivity index (χ0) is 19.8. The van der Waals surface area contributed by atoms with E-state index in [4.69, 9.17) is 4.74 Å². The van der Waals surface area contributed by atoms with E-state index < -0.39 is 11.9 Å². The van der Waals surface area contributed by atoms with E-state index in [9.17, 15) is 14.0 Å². The molecule has 5 nitrogen and oxygen atoms in total. The van der Waals surface area contributed by atoms with E-state index >= 15 is 0 Å². The molecule has 0 bridgehead atoms. The summed E-state index contributed by atoms with van der Waals surface area (Å²) < 4.78 is 19.1. The predicted octanol–water partition coefficient (Wildman–Crippen LogP) is 2.93. The molecular formula is C21H25FN2O3. The Bertz CT molecular complexity index is 777. The zero-order valence-corrected chi connectivity index (χ0v) is 15.9. The van der Waals surface area contributed by atoms with Crippen molar-refractivity contribution >= 4 is 11.8 Å². The van der Waals surface area contributed by atoms with Crippen molar-refractivity contribution in [3.8, 4) is 5.75 Å². The van der Waals surface area contributed by atoms with E-state index in [1.807, 2.05) is 19.1 Å². The van der Waals surface area contributed by atoms with E-state index in [2.05, 4.69) is 5.32 Å². The van der Waals surface area contributed by atoms with Crippen LogP contribution in [0.15, 0.2) is 48.5 Å². The Hall–Kier alpha value is -2.89. The highest BCUT2D eigenvalue weighted by molar-refractivity contribution is 5.88. The Morgan fingerprint density at radius 1 is 1.15 bits per heavy atom. The maximum Gasteiger partial charge on any atom is 0.242 e. The van der Waals surface area contributed by atoms with Gasteiger partial charge >= 0.3 is 0 Å². The highest BCUT2D eigenvalue weighted by Crippen LogP contribution is 2.17. The lowest BCUT2D eigenvalue weighted by molar-refractivity contribution is -0.140. The molecule has 0 saturated heterocycles. The van der Waals surface area contributed by atoms with E-state index in [1.165, 1.54) is 11.0 Å². The van der Waals surface area contributed by atoms with Gasteiger partial charge in [-0.25, -0.2) is 4.39 Å². The molecule has 2 aromatic rings.